The molecule has 0 spiro atoms. The molecule has 0 aromatic heterocycles. The zero-order valence-corrected chi connectivity index (χ0v) is 10.1. The molecule has 0 aliphatic heterocycles. The van der Waals surface area contributed by atoms with E-state index in [-0.39, 0.29) is 18.2 Å². The van der Waals surface area contributed by atoms with Gasteiger partial charge in [0.05, 0.1) is 12.1 Å². The number of nitrogens with one attached hydrogen (secondary N) is 1. The van der Waals surface area contributed by atoms with Crippen LogP contribution in [0.25, 0.3) is 0 Å². The van der Waals surface area contributed by atoms with E-state index in [0.29, 0.717) is 0 Å². The van der Waals surface area contributed by atoms with Crippen molar-refractivity contribution in [2.75, 3.05) is 0 Å². The number of fused-ring (bicyclic) bond motifs is 1. The van der Waals surface area contributed by atoms with Crippen LogP contribution in [-0.4, -0.2) is 18.2 Å². The minimum Gasteiger partial charge on any atom is -0.447 e. The molecule has 1 amide bonds. The molecular weight excluding hydrogens is 216 g/mol. The highest BCUT2D eigenvalue weighted by molar-refractivity contribution is 5.68. The molecule has 4 nitrogen and oxygen atoms in total. The molecule has 0 saturated heterocycles. The predicted molar refractivity (Wildman–Crippen MR) is 65.6 cm³/mol. The Morgan fingerprint density at radius 1 is 1.47 bits per heavy atom. The van der Waals surface area contributed by atoms with E-state index in [2.05, 4.69) is 5.32 Å². The molecule has 4 heteroatoms. The van der Waals surface area contributed by atoms with Gasteiger partial charge in [0, 0.05) is 6.04 Å². The molecule has 1 aromatic carbocycles. The number of ether oxygens (including phenoxy) is 1. The molecule has 92 valence electrons. The Kier molecular flexibility index (Phi) is 3.33. The second kappa shape index (κ2) is 4.75. The fourth-order valence-electron chi connectivity index (χ4n) is 2.19. The van der Waals surface area contributed by atoms with Gasteiger partial charge in [0.1, 0.15) is 0 Å². The van der Waals surface area contributed by atoms with Crippen molar-refractivity contribution in [3.05, 3.63) is 35.4 Å². The van der Waals surface area contributed by atoms with Crippen LogP contribution in [0.3, 0.4) is 0 Å². The van der Waals surface area contributed by atoms with Crippen LogP contribution < -0.4 is 11.1 Å². The lowest BCUT2D eigenvalue weighted by molar-refractivity contribution is 0.111. The number of alkyl carbamates (subject to hydrolysis) is 1. The average molecular weight is 234 g/mol. The third-order valence-corrected chi connectivity index (χ3v) is 2.89. The van der Waals surface area contributed by atoms with Gasteiger partial charge in [-0.2, -0.15) is 0 Å². The van der Waals surface area contributed by atoms with E-state index < -0.39 is 6.09 Å². The van der Waals surface area contributed by atoms with Crippen LogP contribution in [0.2, 0.25) is 0 Å². The molecule has 0 bridgehead atoms. The Hall–Kier alpha value is -1.55. The minimum atomic E-state index is -0.405. The molecular formula is C13H18N2O2. The Bertz CT molecular complexity index is 418. The summed E-state index contributed by atoms with van der Waals surface area (Å²) >= 11 is 0. The largest absolute Gasteiger partial charge is 0.447 e. The number of hydrogen-bond acceptors (Lipinski definition) is 3. The van der Waals surface area contributed by atoms with Crippen molar-refractivity contribution < 1.29 is 9.53 Å². The highest BCUT2D eigenvalue weighted by Crippen LogP contribution is 2.30. The smallest absolute Gasteiger partial charge is 0.407 e. The SMILES string of the molecule is CC(C)OC(=O)NC1c2ccccc2CC1N. The summed E-state index contributed by atoms with van der Waals surface area (Å²) in [5, 5.41) is 2.83. The van der Waals surface area contributed by atoms with E-state index >= 15 is 0 Å². The van der Waals surface area contributed by atoms with Crippen LogP contribution in [0, 0.1) is 0 Å². The third-order valence-electron chi connectivity index (χ3n) is 2.89. The van der Waals surface area contributed by atoms with Gasteiger partial charge in [0.15, 0.2) is 0 Å². The zero-order valence-electron chi connectivity index (χ0n) is 10.1. The number of nitrogens with two attached hydrogens (primary N) is 1. The first-order chi connectivity index (χ1) is 8.08. The first kappa shape index (κ1) is 11.9. The summed E-state index contributed by atoms with van der Waals surface area (Å²) in [6.45, 7) is 3.64. The van der Waals surface area contributed by atoms with Gasteiger partial charge >= 0.3 is 6.09 Å². The number of hydrogen-bond donors (Lipinski definition) is 2. The summed E-state index contributed by atoms with van der Waals surface area (Å²) in [4.78, 5) is 11.6. The van der Waals surface area contributed by atoms with Gasteiger partial charge in [-0.15, -0.1) is 0 Å². The van der Waals surface area contributed by atoms with Gasteiger partial charge in [0.2, 0.25) is 0 Å². The van der Waals surface area contributed by atoms with Crippen molar-refractivity contribution in [3.8, 4) is 0 Å². The Morgan fingerprint density at radius 2 is 2.18 bits per heavy atom. The zero-order chi connectivity index (χ0) is 12.4. The summed E-state index contributed by atoms with van der Waals surface area (Å²) in [7, 11) is 0. The van der Waals surface area contributed by atoms with E-state index in [1.54, 1.807) is 0 Å². The van der Waals surface area contributed by atoms with Gasteiger partial charge in [0.25, 0.3) is 0 Å². The molecule has 3 N–H and O–H groups in total. The lowest BCUT2D eigenvalue weighted by Crippen LogP contribution is -2.39. The van der Waals surface area contributed by atoms with Gasteiger partial charge in [-0.25, -0.2) is 4.79 Å². The topological polar surface area (TPSA) is 64.3 Å². The third kappa shape index (κ3) is 2.58. The van der Waals surface area contributed by atoms with Gasteiger partial charge in [-0.1, -0.05) is 24.3 Å². The minimum absolute atomic E-state index is 0.0767. The van der Waals surface area contributed by atoms with Crippen molar-refractivity contribution >= 4 is 6.09 Å². The summed E-state index contributed by atoms with van der Waals surface area (Å²) in [5.41, 5.74) is 8.34. The van der Waals surface area contributed by atoms with E-state index in [1.165, 1.54) is 5.56 Å². The van der Waals surface area contributed by atoms with E-state index in [9.17, 15) is 4.79 Å². The van der Waals surface area contributed by atoms with Crippen molar-refractivity contribution in [1.29, 1.82) is 0 Å². The first-order valence-corrected chi connectivity index (χ1v) is 5.88. The van der Waals surface area contributed by atoms with Gasteiger partial charge in [-0.3, -0.25) is 0 Å². The molecule has 0 fully saturated rings. The Balaban J connectivity index is 2.09. The summed E-state index contributed by atoms with van der Waals surface area (Å²) < 4.78 is 5.07. The lowest BCUT2D eigenvalue weighted by atomic mass is 10.1. The molecule has 0 saturated carbocycles. The predicted octanol–water partition coefficient (Wildman–Crippen LogP) is 1.75. The molecule has 2 atom stereocenters. The highest BCUT2D eigenvalue weighted by atomic mass is 16.6. The van der Waals surface area contributed by atoms with Gasteiger partial charge < -0.3 is 15.8 Å². The molecule has 0 radical (unpaired) electrons. The lowest BCUT2D eigenvalue weighted by Gasteiger charge is -2.19. The van der Waals surface area contributed by atoms with Crippen molar-refractivity contribution in [3.63, 3.8) is 0 Å². The van der Waals surface area contributed by atoms with Crippen LogP contribution in [0.4, 0.5) is 4.79 Å². The maximum absolute atomic E-state index is 11.6. The van der Waals surface area contributed by atoms with E-state index in [4.69, 9.17) is 10.5 Å². The van der Waals surface area contributed by atoms with Crippen LogP contribution in [0.1, 0.15) is 31.0 Å². The Morgan fingerprint density at radius 3 is 2.88 bits per heavy atom. The summed E-state index contributed by atoms with van der Waals surface area (Å²) in [6, 6.07) is 7.77. The first-order valence-electron chi connectivity index (χ1n) is 5.88. The maximum Gasteiger partial charge on any atom is 0.407 e. The molecule has 2 rings (SSSR count). The highest BCUT2D eigenvalue weighted by Gasteiger charge is 2.31. The van der Waals surface area contributed by atoms with Crippen molar-refractivity contribution in [2.24, 2.45) is 5.73 Å². The van der Waals surface area contributed by atoms with Crippen LogP contribution >= 0.6 is 0 Å². The fraction of sp³-hybridized carbons (Fsp3) is 0.462. The second-order valence-electron chi connectivity index (χ2n) is 4.64. The summed E-state index contributed by atoms with van der Waals surface area (Å²) in [6.07, 6.45) is 0.267. The van der Waals surface area contributed by atoms with Crippen LogP contribution in [-0.2, 0) is 11.2 Å². The van der Waals surface area contributed by atoms with E-state index in [0.717, 1.165) is 12.0 Å². The maximum atomic E-state index is 11.6. The van der Waals surface area contributed by atoms with Crippen LogP contribution in [0.5, 0.6) is 0 Å². The normalized spacial score (nSPS) is 22.4. The van der Waals surface area contributed by atoms with Gasteiger partial charge in [-0.05, 0) is 31.4 Å². The summed E-state index contributed by atoms with van der Waals surface area (Å²) in [5.74, 6) is 0. The molecule has 2 unspecified atom stereocenters. The molecule has 0 heterocycles. The number of rotatable bonds is 2. The molecule has 1 aromatic rings. The fourth-order valence-corrected chi connectivity index (χ4v) is 2.19. The second-order valence-corrected chi connectivity index (χ2v) is 4.64. The standard InChI is InChI=1S/C13H18N2O2/c1-8(2)17-13(16)15-12-10-6-4-3-5-9(10)7-11(12)14/h3-6,8,11-12H,7,14H2,1-2H3,(H,15,16). The van der Waals surface area contributed by atoms with E-state index in [1.807, 2.05) is 38.1 Å². The number of carbonyl (C=O) groups excluding carboxylic acids is 1. The average Bonchev–Trinajstić information content (AvgIpc) is 2.55. The quantitative estimate of drug-likeness (QED) is 0.819. The molecule has 17 heavy (non-hydrogen) atoms. The molecule has 1 aliphatic carbocycles. The van der Waals surface area contributed by atoms with Crippen LogP contribution in [0.15, 0.2) is 24.3 Å². The number of carbonyl (C=O) groups is 1. The number of amides is 1. The van der Waals surface area contributed by atoms with Crippen molar-refractivity contribution in [1.82, 2.24) is 5.32 Å². The molecule has 1 aliphatic rings. The monoisotopic (exact) mass is 234 g/mol. The Labute approximate surface area is 101 Å². The number of benzene rings is 1. The van der Waals surface area contributed by atoms with Crippen molar-refractivity contribution in [2.45, 2.75) is 38.5 Å².